The molecule has 10 heteroatoms. The molecular formula is C19H12Cl4O5S. The zero-order valence-electron chi connectivity index (χ0n) is 14.3. The molecule has 0 bridgehead atoms. The second kappa shape index (κ2) is 7.87. The first-order valence-electron chi connectivity index (χ1n) is 7.90. The van der Waals surface area contributed by atoms with Gasteiger partial charge in [0.15, 0.2) is 4.75 Å². The van der Waals surface area contributed by atoms with Crippen LogP contribution in [-0.4, -0.2) is 23.2 Å². The van der Waals surface area contributed by atoms with Crippen molar-refractivity contribution < 1.29 is 23.2 Å². The molecule has 0 spiro atoms. The molecule has 0 amide bonds. The van der Waals surface area contributed by atoms with E-state index < -0.39 is 31.9 Å². The molecule has 29 heavy (non-hydrogen) atoms. The van der Waals surface area contributed by atoms with Crippen molar-refractivity contribution in [3.8, 4) is 11.5 Å². The van der Waals surface area contributed by atoms with Crippen LogP contribution < -0.4 is 0 Å². The van der Waals surface area contributed by atoms with Gasteiger partial charge < -0.3 is 10.2 Å². The molecule has 3 aromatic carbocycles. The van der Waals surface area contributed by atoms with Crippen molar-refractivity contribution in [2.24, 2.45) is 0 Å². The highest BCUT2D eigenvalue weighted by Crippen LogP contribution is 2.54. The van der Waals surface area contributed by atoms with E-state index in [4.69, 9.17) is 46.4 Å². The lowest BCUT2D eigenvalue weighted by atomic mass is 9.82. The summed E-state index contributed by atoms with van der Waals surface area (Å²) in [6, 6.07) is 11.9. The zero-order valence-corrected chi connectivity index (χ0v) is 18.1. The normalized spacial score (nSPS) is 13.8. The first kappa shape index (κ1) is 22.0. The van der Waals surface area contributed by atoms with E-state index in [-0.39, 0.29) is 31.2 Å². The molecular weight excluding hydrogens is 482 g/mol. The highest BCUT2D eigenvalue weighted by molar-refractivity contribution is 7.87. The van der Waals surface area contributed by atoms with Crippen LogP contribution in [0, 0.1) is 0 Å². The summed E-state index contributed by atoms with van der Waals surface area (Å²) in [5.74, 6) is -1.42. The highest BCUT2D eigenvalue weighted by atomic mass is 35.5. The van der Waals surface area contributed by atoms with E-state index in [1.807, 2.05) is 0 Å². The number of aromatic hydroxyl groups is 2. The van der Waals surface area contributed by atoms with Crippen LogP contribution in [0.4, 0.5) is 0 Å². The molecule has 0 aliphatic carbocycles. The molecule has 1 unspecified atom stereocenters. The minimum Gasteiger partial charge on any atom is -0.507 e. The quantitative estimate of drug-likeness (QED) is 0.311. The third-order valence-corrected chi connectivity index (χ3v) is 7.20. The number of hydrogen-bond acceptors (Lipinski definition) is 4. The highest BCUT2D eigenvalue weighted by Gasteiger charge is 2.53. The van der Waals surface area contributed by atoms with Crippen molar-refractivity contribution >= 4 is 56.5 Å². The number of phenols is 2. The van der Waals surface area contributed by atoms with Crippen molar-refractivity contribution in [3.05, 3.63) is 91.4 Å². The largest absolute Gasteiger partial charge is 0.507 e. The number of halogens is 4. The Hall–Kier alpha value is -1.67. The molecule has 3 N–H and O–H groups in total. The fourth-order valence-electron chi connectivity index (χ4n) is 3.24. The Morgan fingerprint density at radius 3 is 2.10 bits per heavy atom. The van der Waals surface area contributed by atoms with Crippen molar-refractivity contribution in [3.63, 3.8) is 0 Å². The Morgan fingerprint density at radius 2 is 1.48 bits per heavy atom. The third-order valence-electron chi connectivity index (χ3n) is 4.41. The standard InChI is InChI=1S/C19H12Cl4O5S/c20-11-4-1-3-10(9-11)19(29(26,27)28,12-5-2-6-13(21)17(12)23)16-15(24)8-7-14(22)18(16)25/h1-9,24-25H,(H,26,27,28). The van der Waals surface area contributed by atoms with Crippen LogP contribution in [0.5, 0.6) is 11.5 Å². The molecule has 0 radical (unpaired) electrons. The predicted molar refractivity (Wildman–Crippen MR) is 114 cm³/mol. The van der Waals surface area contributed by atoms with Crippen LogP contribution >= 0.6 is 46.4 Å². The number of hydrogen-bond donors (Lipinski definition) is 3. The summed E-state index contributed by atoms with van der Waals surface area (Å²) in [4.78, 5) is 0. The smallest absolute Gasteiger partial charge is 0.283 e. The fourth-order valence-corrected chi connectivity index (χ4v) is 5.41. The molecule has 0 saturated heterocycles. The summed E-state index contributed by atoms with van der Waals surface area (Å²) in [5.41, 5.74) is -0.923. The van der Waals surface area contributed by atoms with E-state index in [0.717, 1.165) is 6.07 Å². The molecule has 0 heterocycles. The number of benzene rings is 3. The molecule has 1 atom stereocenters. The van der Waals surface area contributed by atoms with E-state index in [9.17, 15) is 23.2 Å². The first-order chi connectivity index (χ1) is 13.5. The van der Waals surface area contributed by atoms with Crippen LogP contribution in [-0.2, 0) is 14.9 Å². The van der Waals surface area contributed by atoms with Crippen LogP contribution in [0.15, 0.2) is 54.6 Å². The summed E-state index contributed by atoms with van der Waals surface area (Å²) in [6.07, 6.45) is 0. The van der Waals surface area contributed by atoms with Gasteiger partial charge in [0.2, 0.25) is 0 Å². The van der Waals surface area contributed by atoms with Gasteiger partial charge in [-0.3, -0.25) is 4.55 Å². The third kappa shape index (κ3) is 3.54. The molecule has 152 valence electrons. The predicted octanol–water partition coefficient (Wildman–Crippen LogP) is 5.89. The molecule has 0 fully saturated rings. The minimum atomic E-state index is -5.18. The van der Waals surface area contributed by atoms with Crippen molar-refractivity contribution in [2.45, 2.75) is 4.75 Å². The van der Waals surface area contributed by atoms with Gasteiger partial charge in [-0.1, -0.05) is 70.7 Å². The lowest BCUT2D eigenvalue weighted by Crippen LogP contribution is -2.38. The Bertz CT molecular complexity index is 1210. The maximum Gasteiger partial charge on any atom is 0.283 e. The summed E-state index contributed by atoms with van der Waals surface area (Å²) in [7, 11) is -5.18. The zero-order chi connectivity index (χ0) is 21.6. The maximum absolute atomic E-state index is 13.0. The molecule has 0 aliphatic heterocycles. The van der Waals surface area contributed by atoms with Gasteiger partial charge in [-0.25, -0.2) is 0 Å². The number of rotatable bonds is 4. The van der Waals surface area contributed by atoms with Gasteiger partial charge in [-0.15, -0.1) is 0 Å². The van der Waals surface area contributed by atoms with Crippen molar-refractivity contribution in [2.75, 3.05) is 0 Å². The van der Waals surface area contributed by atoms with E-state index in [1.54, 1.807) is 0 Å². The average Bonchev–Trinajstić information content (AvgIpc) is 2.64. The molecule has 0 saturated carbocycles. The second-order valence-corrected chi connectivity index (χ2v) is 9.25. The van der Waals surface area contributed by atoms with Crippen LogP contribution in [0.1, 0.15) is 16.7 Å². The van der Waals surface area contributed by atoms with Crippen LogP contribution in [0.3, 0.4) is 0 Å². The van der Waals surface area contributed by atoms with Gasteiger partial charge in [-0.05, 0) is 35.9 Å². The van der Waals surface area contributed by atoms with Crippen LogP contribution in [0.2, 0.25) is 20.1 Å². The molecule has 5 nitrogen and oxygen atoms in total. The average molecular weight is 494 g/mol. The Kier molecular flexibility index (Phi) is 5.98. The molecule has 0 aromatic heterocycles. The second-order valence-electron chi connectivity index (χ2n) is 6.06. The van der Waals surface area contributed by atoms with Gasteiger partial charge in [-0.2, -0.15) is 8.42 Å². The summed E-state index contributed by atoms with van der Waals surface area (Å²) < 4.78 is 33.9. The lowest BCUT2D eigenvalue weighted by molar-refractivity contribution is 0.416. The molecule has 0 aliphatic rings. The summed E-state index contributed by atoms with van der Waals surface area (Å²) in [5, 5.41) is 20.9. The molecule has 3 rings (SSSR count). The maximum atomic E-state index is 13.0. The fraction of sp³-hybridized carbons (Fsp3) is 0.0526. The molecule has 3 aromatic rings. The van der Waals surface area contributed by atoms with Crippen molar-refractivity contribution in [1.29, 1.82) is 0 Å². The first-order valence-corrected chi connectivity index (χ1v) is 10.9. The topological polar surface area (TPSA) is 94.8 Å². The van der Waals surface area contributed by atoms with Crippen molar-refractivity contribution in [1.82, 2.24) is 0 Å². The van der Waals surface area contributed by atoms with E-state index in [0.29, 0.717) is 0 Å². The Labute approximate surface area is 186 Å². The van der Waals surface area contributed by atoms with Gasteiger partial charge in [0.25, 0.3) is 10.1 Å². The lowest BCUT2D eigenvalue weighted by Gasteiger charge is -2.34. The SMILES string of the molecule is O=S(=O)(O)C(c1cccc(Cl)c1)(c1cccc(Cl)c1Cl)c1c(O)ccc(Cl)c1O. The van der Waals surface area contributed by atoms with Gasteiger partial charge in [0.1, 0.15) is 11.5 Å². The van der Waals surface area contributed by atoms with E-state index >= 15 is 0 Å². The number of phenolic OH excluding ortho intramolecular Hbond substituents is 2. The minimum absolute atomic E-state index is 0.0137. The summed E-state index contributed by atoms with van der Waals surface area (Å²) >= 11 is 24.5. The Morgan fingerprint density at radius 1 is 0.828 bits per heavy atom. The summed E-state index contributed by atoms with van der Waals surface area (Å²) in [6.45, 7) is 0. The monoisotopic (exact) mass is 492 g/mol. The van der Waals surface area contributed by atoms with E-state index in [2.05, 4.69) is 0 Å². The van der Waals surface area contributed by atoms with Crippen LogP contribution in [0.25, 0.3) is 0 Å². The van der Waals surface area contributed by atoms with Gasteiger partial charge in [0, 0.05) is 10.6 Å². The van der Waals surface area contributed by atoms with Gasteiger partial charge >= 0.3 is 0 Å². The van der Waals surface area contributed by atoms with Gasteiger partial charge in [0.05, 0.1) is 20.6 Å². The van der Waals surface area contributed by atoms with E-state index in [1.165, 1.54) is 48.5 Å². The Balaban J connectivity index is 2.68.